The van der Waals surface area contributed by atoms with Crippen LogP contribution in [0.4, 0.5) is 10.6 Å². The second-order valence-electron chi connectivity index (χ2n) is 9.70. The number of aryl methyl sites for hydroxylation is 1. The summed E-state index contributed by atoms with van der Waals surface area (Å²) in [7, 11) is 1.87. The van der Waals surface area contributed by atoms with Gasteiger partial charge in [-0.05, 0) is 31.0 Å². The molecule has 0 bridgehead atoms. The quantitative estimate of drug-likeness (QED) is 0.282. The van der Waals surface area contributed by atoms with E-state index in [4.69, 9.17) is 9.84 Å². The van der Waals surface area contributed by atoms with Crippen LogP contribution in [0.3, 0.4) is 0 Å². The van der Waals surface area contributed by atoms with E-state index in [0.717, 1.165) is 28.9 Å². The van der Waals surface area contributed by atoms with Crippen molar-refractivity contribution in [2.45, 2.75) is 37.8 Å². The van der Waals surface area contributed by atoms with Crippen molar-refractivity contribution in [2.24, 2.45) is 7.05 Å². The van der Waals surface area contributed by atoms with Gasteiger partial charge in [-0.25, -0.2) is 14.5 Å². The average molecular weight is 540 g/mol. The summed E-state index contributed by atoms with van der Waals surface area (Å²) in [5.74, 6) is 0.732. The molecule has 9 nitrogen and oxygen atoms in total. The Morgan fingerprint density at radius 3 is 2.54 bits per heavy atom. The number of benzene rings is 2. The van der Waals surface area contributed by atoms with Crippen LogP contribution < -0.4 is 15.4 Å². The van der Waals surface area contributed by atoms with E-state index in [-0.39, 0.29) is 24.1 Å². The molecule has 1 saturated carbocycles. The Labute approximate surface area is 230 Å². The van der Waals surface area contributed by atoms with Crippen LogP contribution in [0.15, 0.2) is 84.6 Å². The maximum atomic E-state index is 13.5. The molecule has 0 unspecified atom stereocenters. The van der Waals surface area contributed by atoms with E-state index in [1.165, 1.54) is 16.9 Å². The predicted molar refractivity (Wildman–Crippen MR) is 151 cm³/mol. The Bertz CT molecular complexity index is 1550. The number of anilines is 1. The number of aromatic nitrogens is 5. The minimum Gasteiger partial charge on any atom is -0.467 e. The van der Waals surface area contributed by atoms with Gasteiger partial charge in [0.25, 0.3) is 5.19 Å². The number of ether oxygens (including phenoxy) is 1. The number of carbonyl (C=O) groups is 1. The van der Waals surface area contributed by atoms with E-state index in [9.17, 15) is 4.79 Å². The molecule has 2 amide bonds. The number of thiazole rings is 1. The highest BCUT2D eigenvalue weighted by molar-refractivity contribution is 7.11. The molecule has 0 spiro atoms. The van der Waals surface area contributed by atoms with Crippen LogP contribution in [0.1, 0.15) is 29.9 Å². The topological polar surface area (TPSA) is 98.9 Å². The first kappa shape index (κ1) is 24.9. The number of hydrogen-bond acceptors (Lipinski definition) is 6. The first-order chi connectivity index (χ1) is 19.0. The number of nitrogens with zero attached hydrogens (tertiary/aromatic N) is 5. The van der Waals surface area contributed by atoms with Crippen LogP contribution >= 0.6 is 11.3 Å². The Balaban J connectivity index is 1.26. The molecule has 3 aromatic heterocycles. The van der Waals surface area contributed by atoms with E-state index in [2.05, 4.69) is 32.8 Å². The number of hydrogen-bond donors (Lipinski definition) is 2. The van der Waals surface area contributed by atoms with Gasteiger partial charge < -0.3 is 10.1 Å². The summed E-state index contributed by atoms with van der Waals surface area (Å²) in [4.78, 5) is 17.8. The van der Waals surface area contributed by atoms with Gasteiger partial charge in [0.15, 0.2) is 0 Å². The molecule has 39 heavy (non-hydrogen) atoms. The Hall–Kier alpha value is -4.44. The summed E-state index contributed by atoms with van der Waals surface area (Å²) in [6.45, 7) is 1.96. The molecular weight excluding hydrogens is 510 g/mol. The molecule has 1 aliphatic rings. The van der Waals surface area contributed by atoms with Crippen LogP contribution in [-0.2, 0) is 7.05 Å². The molecule has 1 aliphatic carbocycles. The average Bonchev–Trinajstić information content (AvgIpc) is 3.75. The van der Waals surface area contributed by atoms with Gasteiger partial charge in [-0.1, -0.05) is 59.9 Å². The van der Waals surface area contributed by atoms with Crippen molar-refractivity contribution in [2.75, 3.05) is 5.32 Å². The van der Waals surface area contributed by atoms with E-state index >= 15 is 0 Å². The zero-order valence-corrected chi connectivity index (χ0v) is 22.5. The SMILES string of the molecule is Cc1c(-c2cnn(C)c2)nn(-c2ccccc2)c1NC(=O)N[C@@H]1C[C@@H](Oc2nccs2)C[C@H]1c1ccccc1. The summed E-state index contributed by atoms with van der Waals surface area (Å²) >= 11 is 1.48. The van der Waals surface area contributed by atoms with Crippen LogP contribution in [0.25, 0.3) is 16.9 Å². The maximum Gasteiger partial charge on any atom is 0.320 e. The van der Waals surface area contributed by atoms with E-state index < -0.39 is 0 Å². The van der Waals surface area contributed by atoms with Crippen molar-refractivity contribution in [3.63, 3.8) is 0 Å². The molecule has 0 aliphatic heterocycles. The number of nitrogens with one attached hydrogen (secondary N) is 2. The van der Waals surface area contributed by atoms with Crippen molar-refractivity contribution < 1.29 is 9.53 Å². The molecular formula is C29H29N7O2S. The van der Waals surface area contributed by atoms with Crippen molar-refractivity contribution >= 4 is 23.2 Å². The molecule has 0 saturated heterocycles. The Morgan fingerprint density at radius 1 is 1.08 bits per heavy atom. The van der Waals surface area contributed by atoms with Crippen LogP contribution in [0, 0.1) is 6.92 Å². The normalized spacial score (nSPS) is 18.7. The second-order valence-corrected chi connectivity index (χ2v) is 10.6. The Kier molecular flexibility index (Phi) is 6.85. The van der Waals surface area contributed by atoms with Crippen LogP contribution in [0.5, 0.6) is 5.19 Å². The lowest BCUT2D eigenvalue weighted by Gasteiger charge is -2.21. The van der Waals surface area contributed by atoms with Crippen LogP contribution in [-0.4, -0.2) is 42.7 Å². The van der Waals surface area contributed by atoms with Gasteiger partial charge in [-0.3, -0.25) is 10.00 Å². The highest BCUT2D eigenvalue weighted by Gasteiger charge is 2.38. The Morgan fingerprint density at radius 2 is 1.85 bits per heavy atom. The largest absolute Gasteiger partial charge is 0.467 e. The molecule has 5 aromatic rings. The number of amides is 2. The van der Waals surface area contributed by atoms with Gasteiger partial charge in [0, 0.05) is 54.3 Å². The van der Waals surface area contributed by atoms with Crippen molar-refractivity contribution in [3.8, 4) is 22.1 Å². The van der Waals surface area contributed by atoms with Gasteiger partial charge in [0.2, 0.25) is 0 Å². The van der Waals surface area contributed by atoms with Gasteiger partial charge in [0.05, 0.1) is 11.9 Å². The summed E-state index contributed by atoms with van der Waals surface area (Å²) in [6.07, 6.45) is 6.87. The smallest absolute Gasteiger partial charge is 0.320 e. The molecule has 2 aromatic carbocycles. The van der Waals surface area contributed by atoms with E-state index in [1.807, 2.05) is 74.1 Å². The zero-order chi connectivity index (χ0) is 26.8. The standard InChI is InChI=1S/C29H29N7O2S/c1-19-26(21-17-31-35(2)18-21)34-36(22-11-7-4-8-12-22)27(19)33-28(37)32-25-16-23(38-29-30-13-14-39-29)15-24(25)20-9-5-3-6-10-20/h3-14,17-18,23-25H,15-16H2,1-2H3,(H2,32,33,37)/t23-,24-,25+/m0/s1. The lowest BCUT2D eigenvalue weighted by Crippen LogP contribution is -2.40. The van der Waals surface area contributed by atoms with Gasteiger partial charge in [-0.2, -0.15) is 10.2 Å². The van der Waals surface area contributed by atoms with Gasteiger partial charge in [-0.15, -0.1) is 0 Å². The van der Waals surface area contributed by atoms with Crippen molar-refractivity contribution in [1.82, 2.24) is 29.9 Å². The third-order valence-electron chi connectivity index (χ3n) is 7.07. The van der Waals surface area contributed by atoms with E-state index in [0.29, 0.717) is 17.4 Å². The summed E-state index contributed by atoms with van der Waals surface area (Å²) in [5, 5.41) is 18.1. The highest BCUT2D eigenvalue weighted by Crippen LogP contribution is 2.37. The summed E-state index contributed by atoms with van der Waals surface area (Å²) in [6, 6.07) is 19.7. The summed E-state index contributed by atoms with van der Waals surface area (Å²) < 4.78 is 9.67. The lowest BCUT2D eigenvalue weighted by atomic mass is 9.94. The minimum absolute atomic E-state index is 0.0413. The molecule has 198 valence electrons. The number of rotatable bonds is 7. The molecule has 1 fully saturated rings. The fraction of sp³-hybridized carbons (Fsp3) is 0.241. The molecule has 6 rings (SSSR count). The first-order valence-corrected chi connectivity index (χ1v) is 13.8. The highest BCUT2D eigenvalue weighted by atomic mass is 32.1. The summed E-state index contributed by atoms with van der Waals surface area (Å²) in [5.41, 5.74) is 4.54. The lowest BCUT2D eigenvalue weighted by molar-refractivity contribution is 0.204. The van der Waals surface area contributed by atoms with E-state index in [1.54, 1.807) is 21.8 Å². The third kappa shape index (κ3) is 5.28. The molecule has 3 heterocycles. The third-order valence-corrected chi connectivity index (χ3v) is 7.74. The number of para-hydroxylation sites is 1. The molecule has 2 N–H and O–H groups in total. The van der Waals surface area contributed by atoms with Crippen molar-refractivity contribution in [1.29, 1.82) is 0 Å². The maximum absolute atomic E-state index is 13.5. The molecule has 0 radical (unpaired) electrons. The predicted octanol–water partition coefficient (Wildman–Crippen LogP) is 5.55. The minimum atomic E-state index is -0.284. The first-order valence-electron chi connectivity index (χ1n) is 12.9. The molecule has 3 atom stereocenters. The number of carbonyl (C=O) groups excluding carboxylic acids is 1. The van der Waals surface area contributed by atoms with Gasteiger partial charge in [0.1, 0.15) is 17.6 Å². The van der Waals surface area contributed by atoms with Crippen LogP contribution in [0.2, 0.25) is 0 Å². The number of urea groups is 1. The molecule has 10 heteroatoms. The monoisotopic (exact) mass is 539 g/mol. The van der Waals surface area contributed by atoms with Crippen molar-refractivity contribution in [3.05, 3.63) is 95.8 Å². The fourth-order valence-electron chi connectivity index (χ4n) is 5.26. The van der Waals surface area contributed by atoms with Gasteiger partial charge >= 0.3 is 6.03 Å². The second kappa shape index (κ2) is 10.7. The fourth-order valence-corrected chi connectivity index (χ4v) is 5.81. The zero-order valence-electron chi connectivity index (χ0n) is 21.7.